The second kappa shape index (κ2) is 7.83. The van der Waals surface area contributed by atoms with Gasteiger partial charge in [0.2, 0.25) is 0 Å². The Kier molecular flexibility index (Phi) is 5.50. The molecule has 0 fully saturated rings. The van der Waals surface area contributed by atoms with E-state index in [9.17, 15) is 13.7 Å². The lowest BCUT2D eigenvalue weighted by molar-refractivity contribution is 0.601. The number of aryl methyl sites for hydroxylation is 1. The summed E-state index contributed by atoms with van der Waals surface area (Å²) in [6, 6.07) is 23.0. The predicted molar refractivity (Wildman–Crippen MR) is 107 cm³/mol. The van der Waals surface area contributed by atoms with Crippen LogP contribution >= 0.6 is 11.6 Å². The van der Waals surface area contributed by atoms with E-state index in [-0.39, 0.29) is 4.90 Å². The Morgan fingerprint density at radius 1 is 1.00 bits per heavy atom. The third kappa shape index (κ3) is 4.30. The minimum atomic E-state index is -3.71. The van der Waals surface area contributed by atoms with Crippen molar-refractivity contribution in [2.45, 2.75) is 17.7 Å². The first kappa shape index (κ1) is 19.0. The normalized spacial score (nSPS) is 12.2. The Labute approximate surface area is 164 Å². The summed E-state index contributed by atoms with van der Waals surface area (Å²) in [5, 5.41) is 9.89. The molecule has 0 saturated heterocycles. The van der Waals surface area contributed by atoms with E-state index in [4.69, 9.17) is 11.6 Å². The standard InChI is InChI=1S/C21H17ClN2O2S/c1-15-7-10-18(11-8-15)27(25,26)24-17-9-12-19(21(22)13-17)20(14-23)16-5-3-2-4-6-16/h2-13,20,24H,1H3/t20-/m0/s1. The fourth-order valence-corrected chi connectivity index (χ4v) is 4.06. The highest BCUT2D eigenvalue weighted by Gasteiger charge is 2.19. The number of hydrogen-bond acceptors (Lipinski definition) is 3. The number of nitrogens with one attached hydrogen (secondary N) is 1. The van der Waals surface area contributed by atoms with Crippen LogP contribution in [0.4, 0.5) is 5.69 Å². The van der Waals surface area contributed by atoms with Crippen molar-refractivity contribution in [3.8, 4) is 6.07 Å². The summed E-state index contributed by atoms with van der Waals surface area (Å²) in [6.07, 6.45) is 0. The molecule has 0 unspecified atom stereocenters. The number of sulfonamides is 1. The van der Waals surface area contributed by atoms with Gasteiger partial charge in [-0.3, -0.25) is 4.72 Å². The summed E-state index contributed by atoms with van der Waals surface area (Å²) in [5.74, 6) is -0.526. The summed E-state index contributed by atoms with van der Waals surface area (Å²) in [6.45, 7) is 1.89. The second-order valence-electron chi connectivity index (χ2n) is 6.13. The van der Waals surface area contributed by atoms with Gasteiger partial charge in [-0.05, 0) is 42.3 Å². The first-order valence-electron chi connectivity index (χ1n) is 8.24. The van der Waals surface area contributed by atoms with Crippen molar-refractivity contribution >= 4 is 27.3 Å². The molecule has 136 valence electrons. The molecule has 0 saturated carbocycles. The number of benzene rings is 3. The first-order chi connectivity index (χ1) is 12.9. The largest absolute Gasteiger partial charge is 0.280 e. The number of nitriles is 1. The highest BCUT2D eigenvalue weighted by molar-refractivity contribution is 7.92. The number of anilines is 1. The molecule has 3 rings (SSSR count). The Morgan fingerprint density at radius 3 is 2.26 bits per heavy atom. The van der Waals surface area contributed by atoms with Crippen LogP contribution in [0, 0.1) is 18.3 Å². The molecule has 0 amide bonds. The van der Waals surface area contributed by atoms with E-state index in [2.05, 4.69) is 10.8 Å². The van der Waals surface area contributed by atoms with Gasteiger partial charge in [0, 0.05) is 5.02 Å². The van der Waals surface area contributed by atoms with Gasteiger partial charge in [0.15, 0.2) is 0 Å². The van der Waals surface area contributed by atoms with E-state index in [1.54, 1.807) is 36.4 Å². The van der Waals surface area contributed by atoms with Gasteiger partial charge in [0.1, 0.15) is 0 Å². The van der Waals surface area contributed by atoms with Crippen LogP contribution in [0.25, 0.3) is 0 Å². The van der Waals surface area contributed by atoms with Crippen LogP contribution in [0.2, 0.25) is 5.02 Å². The van der Waals surface area contributed by atoms with Gasteiger partial charge in [-0.15, -0.1) is 0 Å². The number of halogens is 1. The van der Waals surface area contributed by atoms with Crippen molar-refractivity contribution in [2.24, 2.45) is 0 Å². The van der Waals surface area contributed by atoms with E-state index in [1.807, 2.05) is 37.3 Å². The molecule has 27 heavy (non-hydrogen) atoms. The molecule has 3 aromatic carbocycles. The second-order valence-corrected chi connectivity index (χ2v) is 8.22. The molecule has 4 nitrogen and oxygen atoms in total. The molecular weight excluding hydrogens is 380 g/mol. The molecule has 0 heterocycles. The van der Waals surface area contributed by atoms with Crippen molar-refractivity contribution in [2.75, 3.05) is 4.72 Å². The molecule has 0 aliphatic heterocycles. The highest BCUT2D eigenvalue weighted by Crippen LogP contribution is 2.32. The van der Waals surface area contributed by atoms with E-state index in [0.29, 0.717) is 16.3 Å². The van der Waals surface area contributed by atoms with Crippen LogP contribution in [0.3, 0.4) is 0 Å². The van der Waals surface area contributed by atoms with Gasteiger partial charge >= 0.3 is 0 Å². The average molecular weight is 397 g/mol. The van der Waals surface area contributed by atoms with E-state index >= 15 is 0 Å². The van der Waals surface area contributed by atoms with Crippen molar-refractivity contribution in [3.63, 3.8) is 0 Å². The maximum atomic E-state index is 12.5. The highest BCUT2D eigenvalue weighted by atomic mass is 35.5. The molecular formula is C21H17ClN2O2S. The van der Waals surface area contributed by atoms with Crippen LogP contribution < -0.4 is 4.72 Å². The number of rotatable bonds is 5. The zero-order valence-corrected chi connectivity index (χ0v) is 16.1. The minimum absolute atomic E-state index is 0.174. The lowest BCUT2D eigenvalue weighted by atomic mass is 9.92. The summed E-state index contributed by atoms with van der Waals surface area (Å²) < 4.78 is 27.6. The molecule has 0 spiro atoms. The van der Waals surface area contributed by atoms with E-state index < -0.39 is 15.9 Å². The smallest absolute Gasteiger partial charge is 0.261 e. The summed E-state index contributed by atoms with van der Waals surface area (Å²) >= 11 is 6.36. The van der Waals surface area contributed by atoms with Crippen LogP contribution in [0.15, 0.2) is 77.7 Å². The Morgan fingerprint density at radius 2 is 1.67 bits per heavy atom. The van der Waals surface area contributed by atoms with Crippen molar-refractivity contribution in [3.05, 3.63) is 94.5 Å². The fourth-order valence-electron chi connectivity index (χ4n) is 2.73. The predicted octanol–water partition coefficient (Wildman–Crippen LogP) is 5.10. The zero-order chi connectivity index (χ0) is 19.4. The van der Waals surface area contributed by atoms with Crippen molar-refractivity contribution < 1.29 is 8.42 Å². The minimum Gasteiger partial charge on any atom is -0.280 e. The van der Waals surface area contributed by atoms with Crippen LogP contribution in [-0.4, -0.2) is 8.42 Å². The number of hydrogen-bond donors (Lipinski definition) is 1. The third-order valence-corrected chi connectivity index (χ3v) is 5.88. The number of nitrogens with zero attached hydrogens (tertiary/aromatic N) is 1. The van der Waals surface area contributed by atoms with Gasteiger partial charge in [-0.2, -0.15) is 5.26 Å². The van der Waals surface area contributed by atoms with Gasteiger partial charge in [-0.1, -0.05) is 65.7 Å². The maximum absolute atomic E-state index is 12.5. The van der Waals surface area contributed by atoms with Gasteiger partial charge < -0.3 is 0 Å². The topological polar surface area (TPSA) is 70.0 Å². The molecule has 0 aliphatic rings. The molecule has 0 aliphatic carbocycles. The van der Waals surface area contributed by atoms with E-state index in [0.717, 1.165) is 11.1 Å². The lowest BCUT2D eigenvalue weighted by Crippen LogP contribution is -2.13. The van der Waals surface area contributed by atoms with Gasteiger partial charge in [-0.25, -0.2) is 8.42 Å². The Balaban J connectivity index is 1.89. The third-order valence-electron chi connectivity index (χ3n) is 4.16. The average Bonchev–Trinajstić information content (AvgIpc) is 2.65. The van der Waals surface area contributed by atoms with Crippen molar-refractivity contribution in [1.29, 1.82) is 5.26 Å². The van der Waals surface area contributed by atoms with Crippen LogP contribution in [0.5, 0.6) is 0 Å². The zero-order valence-electron chi connectivity index (χ0n) is 14.6. The lowest BCUT2D eigenvalue weighted by Gasteiger charge is -2.14. The molecule has 0 aromatic heterocycles. The quantitative estimate of drug-likeness (QED) is 0.651. The Hall–Kier alpha value is -2.81. The van der Waals surface area contributed by atoms with Crippen molar-refractivity contribution in [1.82, 2.24) is 0 Å². The SMILES string of the molecule is Cc1ccc(S(=O)(=O)Nc2ccc([C@@H](C#N)c3ccccc3)c(Cl)c2)cc1. The molecule has 1 N–H and O–H groups in total. The molecule has 1 atom stereocenters. The van der Waals surface area contributed by atoms with E-state index in [1.165, 1.54) is 6.07 Å². The maximum Gasteiger partial charge on any atom is 0.261 e. The summed E-state index contributed by atoms with van der Waals surface area (Å²) in [5.41, 5.74) is 2.78. The molecule has 3 aromatic rings. The monoisotopic (exact) mass is 396 g/mol. The van der Waals surface area contributed by atoms with Crippen LogP contribution in [0.1, 0.15) is 22.6 Å². The first-order valence-corrected chi connectivity index (χ1v) is 10.1. The summed E-state index contributed by atoms with van der Waals surface area (Å²) in [7, 11) is -3.71. The van der Waals surface area contributed by atoms with Crippen LogP contribution in [-0.2, 0) is 10.0 Å². The fraction of sp³-hybridized carbons (Fsp3) is 0.0952. The Bertz CT molecular complexity index is 1090. The molecule has 0 radical (unpaired) electrons. The summed E-state index contributed by atoms with van der Waals surface area (Å²) in [4.78, 5) is 0.174. The van der Waals surface area contributed by atoms with Gasteiger partial charge in [0.05, 0.1) is 22.6 Å². The molecule has 0 bridgehead atoms. The molecule has 6 heteroatoms. The van der Waals surface area contributed by atoms with Gasteiger partial charge in [0.25, 0.3) is 10.0 Å².